The fourth-order valence-corrected chi connectivity index (χ4v) is 1.90. The maximum Gasteiger partial charge on any atom is 0.137 e. The van der Waals surface area contributed by atoms with Gasteiger partial charge < -0.3 is 5.73 Å². The van der Waals surface area contributed by atoms with Crippen LogP contribution in [-0.4, -0.2) is 9.78 Å². The molecule has 0 radical (unpaired) electrons. The standard InChI is InChI=1S/C13H15F2N3/c1-7(2)8-4-5-10(14)11(12(8)15)9-6-17-18(3)13(9)16/h4-7H,16H2,1-3H3. The minimum absolute atomic E-state index is 0.0257. The largest absolute Gasteiger partial charge is 0.383 e. The van der Waals surface area contributed by atoms with Gasteiger partial charge in [0.1, 0.15) is 17.5 Å². The van der Waals surface area contributed by atoms with Crippen LogP contribution in [0.15, 0.2) is 18.3 Å². The molecule has 2 aromatic rings. The summed E-state index contributed by atoms with van der Waals surface area (Å²) in [6, 6.07) is 2.73. The van der Waals surface area contributed by atoms with Crippen molar-refractivity contribution in [2.75, 3.05) is 5.73 Å². The predicted molar refractivity (Wildman–Crippen MR) is 67.1 cm³/mol. The Labute approximate surface area is 104 Å². The molecule has 0 aliphatic heterocycles. The van der Waals surface area contributed by atoms with E-state index >= 15 is 0 Å². The van der Waals surface area contributed by atoms with Crippen LogP contribution >= 0.6 is 0 Å². The third kappa shape index (κ3) is 1.85. The van der Waals surface area contributed by atoms with Crippen LogP contribution in [0.1, 0.15) is 25.3 Å². The van der Waals surface area contributed by atoms with Gasteiger partial charge in [-0.25, -0.2) is 8.78 Å². The minimum atomic E-state index is -0.628. The number of hydrogen-bond donors (Lipinski definition) is 1. The molecule has 0 amide bonds. The van der Waals surface area contributed by atoms with Crippen molar-refractivity contribution >= 4 is 5.82 Å². The van der Waals surface area contributed by atoms with Crippen molar-refractivity contribution in [3.05, 3.63) is 35.5 Å². The van der Waals surface area contributed by atoms with Crippen molar-refractivity contribution in [3.63, 3.8) is 0 Å². The van der Waals surface area contributed by atoms with Crippen molar-refractivity contribution in [2.24, 2.45) is 7.05 Å². The zero-order valence-corrected chi connectivity index (χ0v) is 10.5. The third-order valence-electron chi connectivity index (χ3n) is 3.00. The molecule has 0 aliphatic rings. The van der Waals surface area contributed by atoms with E-state index in [-0.39, 0.29) is 22.9 Å². The van der Waals surface area contributed by atoms with Gasteiger partial charge in [-0.3, -0.25) is 4.68 Å². The Morgan fingerprint density at radius 3 is 2.44 bits per heavy atom. The third-order valence-corrected chi connectivity index (χ3v) is 3.00. The van der Waals surface area contributed by atoms with Gasteiger partial charge in [0.15, 0.2) is 0 Å². The van der Waals surface area contributed by atoms with Gasteiger partial charge in [-0.2, -0.15) is 5.10 Å². The summed E-state index contributed by atoms with van der Waals surface area (Å²) in [6.07, 6.45) is 1.38. The molecule has 0 atom stereocenters. The number of aromatic nitrogens is 2. The Morgan fingerprint density at radius 2 is 1.94 bits per heavy atom. The maximum absolute atomic E-state index is 14.3. The van der Waals surface area contributed by atoms with Gasteiger partial charge in [-0.15, -0.1) is 0 Å². The Morgan fingerprint density at radius 1 is 1.28 bits per heavy atom. The van der Waals surface area contributed by atoms with E-state index in [2.05, 4.69) is 5.10 Å². The molecular formula is C13H15F2N3. The first-order valence-corrected chi connectivity index (χ1v) is 5.69. The predicted octanol–water partition coefficient (Wildman–Crippen LogP) is 3.07. The number of benzene rings is 1. The van der Waals surface area contributed by atoms with E-state index in [4.69, 9.17) is 5.73 Å². The van der Waals surface area contributed by atoms with Crippen molar-refractivity contribution in [1.29, 1.82) is 0 Å². The van der Waals surface area contributed by atoms with Crippen molar-refractivity contribution in [3.8, 4) is 11.1 Å². The van der Waals surface area contributed by atoms with Crippen LogP contribution in [0, 0.1) is 11.6 Å². The van der Waals surface area contributed by atoms with Crippen LogP contribution in [-0.2, 0) is 7.05 Å². The zero-order valence-electron chi connectivity index (χ0n) is 10.5. The molecule has 1 aromatic carbocycles. The monoisotopic (exact) mass is 251 g/mol. The van der Waals surface area contributed by atoms with E-state index in [0.29, 0.717) is 5.56 Å². The first kappa shape index (κ1) is 12.5. The summed E-state index contributed by atoms with van der Waals surface area (Å²) in [5.41, 5.74) is 6.42. The quantitative estimate of drug-likeness (QED) is 0.891. The molecule has 3 nitrogen and oxygen atoms in total. The summed E-state index contributed by atoms with van der Waals surface area (Å²) in [7, 11) is 1.63. The highest BCUT2D eigenvalue weighted by atomic mass is 19.1. The van der Waals surface area contributed by atoms with Crippen LogP contribution in [0.25, 0.3) is 11.1 Å². The minimum Gasteiger partial charge on any atom is -0.383 e. The van der Waals surface area contributed by atoms with Crippen molar-refractivity contribution in [2.45, 2.75) is 19.8 Å². The first-order chi connectivity index (χ1) is 8.43. The number of halogens is 2. The summed E-state index contributed by atoms with van der Waals surface area (Å²) >= 11 is 0. The lowest BCUT2D eigenvalue weighted by Gasteiger charge is -2.11. The van der Waals surface area contributed by atoms with Crippen LogP contribution in [0.5, 0.6) is 0 Å². The van der Waals surface area contributed by atoms with E-state index in [9.17, 15) is 8.78 Å². The second-order valence-corrected chi connectivity index (χ2v) is 4.55. The molecule has 2 N–H and O–H groups in total. The Balaban J connectivity index is 2.71. The number of anilines is 1. The van der Waals surface area contributed by atoms with Gasteiger partial charge in [0.2, 0.25) is 0 Å². The topological polar surface area (TPSA) is 43.8 Å². The molecule has 18 heavy (non-hydrogen) atoms. The van der Waals surface area contributed by atoms with Gasteiger partial charge in [0, 0.05) is 12.6 Å². The fourth-order valence-electron chi connectivity index (χ4n) is 1.90. The SMILES string of the molecule is CC(C)c1ccc(F)c(-c2cnn(C)c2N)c1F. The number of rotatable bonds is 2. The second-order valence-electron chi connectivity index (χ2n) is 4.55. The number of nitrogen functional groups attached to an aromatic ring is 1. The van der Waals surface area contributed by atoms with Crippen LogP contribution in [0.2, 0.25) is 0 Å². The van der Waals surface area contributed by atoms with E-state index in [1.54, 1.807) is 7.05 Å². The fraction of sp³-hybridized carbons (Fsp3) is 0.308. The highest BCUT2D eigenvalue weighted by Gasteiger charge is 2.20. The van der Waals surface area contributed by atoms with Crippen LogP contribution < -0.4 is 5.73 Å². The Hall–Kier alpha value is -1.91. The molecule has 0 saturated carbocycles. The number of nitrogens with zero attached hydrogens (tertiary/aromatic N) is 2. The molecule has 0 fully saturated rings. The van der Waals surface area contributed by atoms with Gasteiger partial charge in [0.05, 0.1) is 11.8 Å². The summed E-state index contributed by atoms with van der Waals surface area (Å²) < 4.78 is 29.5. The van der Waals surface area contributed by atoms with E-state index in [1.807, 2.05) is 13.8 Å². The smallest absolute Gasteiger partial charge is 0.137 e. The van der Waals surface area contributed by atoms with E-state index in [1.165, 1.54) is 23.0 Å². The zero-order chi connectivity index (χ0) is 13.4. The number of nitrogens with two attached hydrogens (primary N) is 1. The van der Waals surface area contributed by atoms with Gasteiger partial charge in [-0.05, 0) is 17.5 Å². The molecule has 0 aliphatic carbocycles. The summed E-state index contributed by atoms with van der Waals surface area (Å²) in [5, 5.41) is 3.91. The number of aryl methyl sites for hydroxylation is 1. The van der Waals surface area contributed by atoms with E-state index < -0.39 is 11.6 Å². The molecule has 1 heterocycles. The first-order valence-electron chi connectivity index (χ1n) is 5.69. The molecule has 0 unspecified atom stereocenters. The number of hydrogen-bond acceptors (Lipinski definition) is 2. The Kier molecular flexibility index (Phi) is 3.07. The second kappa shape index (κ2) is 4.40. The molecule has 96 valence electrons. The lowest BCUT2D eigenvalue weighted by atomic mass is 9.97. The van der Waals surface area contributed by atoms with Gasteiger partial charge >= 0.3 is 0 Å². The van der Waals surface area contributed by atoms with E-state index in [0.717, 1.165) is 0 Å². The highest BCUT2D eigenvalue weighted by Crippen LogP contribution is 2.33. The van der Waals surface area contributed by atoms with Crippen molar-refractivity contribution < 1.29 is 8.78 Å². The van der Waals surface area contributed by atoms with Crippen LogP contribution in [0.4, 0.5) is 14.6 Å². The molecule has 5 heteroatoms. The Bertz CT molecular complexity index is 588. The normalized spacial score (nSPS) is 11.2. The average Bonchev–Trinajstić information content (AvgIpc) is 2.61. The molecule has 1 aromatic heterocycles. The molecule has 0 bridgehead atoms. The molecular weight excluding hydrogens is 236 g/mol. The lowest BCUT2D eigenvalue weighted by molar-refractivity contribution is 0.571. The molecule has 2 rings (SSSR count). The summed E-state index contributed by atoms with van der Waals surface area (Å²) in [6.45, 7) is 3.71. The van der Waals surface area contributed by atoms with Crippen molar-refractivity contribution in [1.82, 2.24) is 9.78 Å². The summed E-state index contributed by atoms with van der Waals surface area (Å²) in [4.78, 5) is 0. The lowest BCUT2D eigenvalue weighted by Crippen LogP contribution is -2.02. The van der Waals surface area contributed by atoms with Gasteiger partial charge in [-0.1, -0.05) is 19.9 Å². The highest BCUT2D eigenvalue weighted by molar-refractivity contribution is 5.75. The molecule has 0 saturated heterocycles. The maximum atomic E-state index is 14.3. The average molecular weight is 251 g/mol. The molecule has 0 spiro atoms. The summed E-state index contributed by atoms with van der Waals surface area (Å²) in [5.74, 6) is -0.975. The van der Waals surface area contributed by atoms with Crippen LogP contribution in [0.3, 0.4) is 0 Å². The van der Waals surface area contributed by atoms with Gasteiger partial charge in [0.25, 0.3) is 0 Å².